The minimum Gasteiger partial charge on any atom is -0.496 e. The third-order valence-corrected chi connectivity index (χ3v) is 3.10. The second kappa shape index (κ2) is 8.05. The molecule has 106 valence electrons. The number of alkyl halides is 1. The van der Waals surface area contributed by atoms with E-state index in [4.69, 9.17) is 21.1 Å². The van der Waals surface area contributed by atoms with Crippen LogP contribution < -0.4 is 9.47 Å². The van der Waals surface area contributed by atoms with Gasteiger partial charge in [0.2, 0.25) is 0 Å². The Labute approximate surface area is 119 Å². The number of ether oxygens (including phenoxy) is 2. The Morgan fingerprint density at radius 1 is 1.37 bits per heavy atom. The Morgan fingerprint density at radius 2 is 2.11 bits per heavy atom. The molecule has 19 heavy (non-hydrogen) atoms. The highest BCUT2D eigenvalue weighted by Gasteiger charge is 2.17. The van der Waals surface area contributed by atoms with Crippen LogP contribution >= 0.6 is 11.6 Å². The summed E-state index contributed by atoms with van der Waals surface area (Å²) in [6, 6.07) is 3.61. The Hall–Kier alpha value is -1.22. The number of carbonyl (C=O) groups excluding carboxylic acids is 1. The van der Waals surface area contributed by atoms with Crippen LogP contribution in [0, 0.1) is 0 Å². The van der Waals surface area contributed by atoms with Crippen LogP contribution in [0.15, 0.2) is 12.1 Å². The predicted molar refractivity (Wildman–Crippen MR) is 77.8 cm³/mol. The zero-order valence-corrected chi connectivity index (χ0v) is 12.5. The zero-order chi connectivity index (χ0) is 14.3. The van der Waals surface area contributed by atoms with Crippen LogP contribution in [0.2, 0.25) is 0 Å². The number of ketones is 1. The van der Waals surface area contributed by atoms with Gasteiger partial charge in [-0.05, 0) is 31.9 Å². The second-order valence-corrected chi connectivity index (χ2v) is 4.70. The molecule has 4 heteroatoms. The summed E-state index contributed by atoms with van der Waals surface area (Å²) >= 11 is 5.64. The molecule has 0 bridgehead atoms. The molecule has 0 spiro atoms. The number of methoxy groups -OCH3 is 1. The van der Waals surface area contributed by atoms with E-state index in [0.717, 1.165) is 30.6 Å². The van der Waals surface area contributed by atoms with Gasteiger partial charge in [-0.2, -0.15) is 0 Å². The van der Waals surface area contributed by atoms with E-state index in [0.29, 0.717) is 23.8 Å². The van der Waals surface area contributed by atoms with Gasteiger partial charge in [-0.25, -0.2) is 0 Å². The van der Waals surface area contributed by atoms with Crippen LogP contribution in [0.5, 0.6) is 11.5 Å². The normalized spacial score (nSPS) is 10.3. The van der Waals surface area contributed by atoms with Gasteiger partial charge in [0.1, 0.15) is 11.5 Å². The Bertz CT molecular complexity index is 430. The standard InChI is InChI=1S/C15H21ClO3/c1-4-6-13-14(19-10-5-9-16)8-7-12(11(2)17)15(13)18-3/h7-8H,4-6,9-10H2,1-3H3. The number of hydrogen-bond acceptors (Lipinski definition) is 3. The molecular weight excluding hydrogens is 264 g/mol. The smallest absolute Gasteiger partial charge is 0.163 e. The molecule has 0 fully saturated rings. The highest BCUT2D eigenvalue weighted by Crippen LogP contribution is 2.33. The van der Waals surface area contributed by atoms with Crippen molar-refractivity contribution in [3.05, 3.63) is 23.3 Å². The molecule has 0 radical (unpaired) electrons. The van der Waals surface area contributed by atoms with E-state index >= 15 is 0 Å². The third kappa shape index (κ3) is 4.13. The minimum atomic E-state index is 0.00140. The van der Waals surface area contributed by atoms with Crippen LogP contribution in [-0.2, 0) is 6.42 Å². The van der Waals surface area contributed by atoms with Crippen LogP contribution in [-0.4, -0.2) is 25.4 Å². The SMILES string of the molecule is CCCc1c(OCCCCl)ccc(C(C)=O)c1OC. The minimum absolute atomic E-state index is 0.00140. The maximum atomic E-state index is 11.6. The monoisotopic (exact) mass is 284 g/mol. The van der Waals surface area contributed by atoms with Crippen molar-refractivity contribution in [1.29, 1.82) is 0 Å². The fraction of sp³-hybridized carbons (Fsp3) is 0.533. The molecule has 0 saturated heterocycles. The van der Waals surface area contributed by atoms with Crippen molar-refractivity contribution >= 4 is 17.4 Å². The number of benzene rings is 1. The lowest BCUT2D eigenvalue weighted by Gasteiger charge is -2.16. The summed E-state index contributed by atoms with van der Waals surface area (Å²) in [6.45, 7) is 4.20. The fourth-order valence-corrected chi connectivity index (χ4v) is 2.09. The topological polar surface area (TPSA) is 35.5 Å². The molecule has 0 aliphatic rings. The highest BCUT2D eigenvalue weighted by atomic mass is 35.5. The molecule has 0 aliphatic heterocycles. The second-order valence-electron chi connectivity index (χ2n) is 4.32. The number of hydrogen-bond donors (Lipinski definition) is 0. The van der Waals surface area contributed by atoms with Gasteiger partial charge in [0.15, 0.2) is 5.78 Å². The highest BCUT2D eigenvalue weighted by molar-refractivity contribution is 6.17. The Balaban J connectivity index is 3.13. The molecule has 0 aromatic heterocycles. The van der Waals surface area contributed by atoms with Crippen LogP contribution in [0.3, 0.4) is 0 Å². The lowest BCUT2D eigenvalue weighted by atomic mass is 10.0. The first-order chi connectivity index (χ1) is 9.15. The van der Waals surface area contributed by atoms with Gasteiger partial charge in [-0.3, -0.25) is 4.79 Å². The van der Waals surface area contributed by atoms with E-state index in [1.165, 1.54) is 0 Å². The maximum absolute atomic E-state index is 11.6. The first-order valence-electron chi connectivity index (χ1n) is 6.55. The first-order valence-corrected chi connectivity index (χ1v) is 7.08. The van der Waals surface area contributed by atoms with Crippen LogP contribution in [0.25, 0.3) is 0 Å². The Kier molecular flexibility index (Phi) is 6.71. The van der Waals surface area contributed by atoms with Crippen molar-refractivity contribution in [2.45, 2.75) is 33.1 Å². The summed E-state index contributed by atoms with van der Waals surface area (Å²) in [7, 11) is 1.59. The molecule has 0 saturated carbocycles. The summed E-state index contributed by atoms with van der Waals surface area (Å²) in [6.07, 6.45) is 2.58. The van der Waals surface area contributed by atoms with Gasteiger partial charge in [0.25, 0.3) is 0 Å². The van der Waals surface area contributed by atoms with Gasteiger partial charge >= 0.3 is 0 Å². The molecule has 0 atom stereocenters. The van der Waals surface area contributed by atoms with Gasteiger partial charge in [-0.1, -0.05) is 13.3 Å². The number of Topliss-reactive ketones (excluding diaryl/α,β-unsaturated/α-hetero) is 1. The van der Waals surface area contributed by atoms with Crippen molar-refractivity contribution in [3.8, 4) is 11.5 Å². The van der Waals surface area contributed by atoms with E-state index in [1.54, 1.807) is 20.1 Å². The lowest BCUT2D eigenvalue weighted by Crippen LogP contribution is -2.06. The fourth-order valence-electron chi connectivity index (χ4n) is 1.98. The van der Waals surface area contributed by atoms with Crippen LogP contribution in [0.4, 0.5) is 0 Å². The summed E-state index contributed by atoms with van der Waals surface area (Å²) in [5, 5.41) is 0. The van der Waals surface area contributed by atoms with E-state index < -0.39 is 0 Å². The number of carbonyl (C=O) groups is 1. The summed E-state index contributed by atoms with van der Waals surface area (Å²) < 4.78 is 11.1. The van der Waals surface area contributed by atoms with E-state index in [1.807, 2.05) is 6.07 Å². The van der Waals surface area contributed by atoms with Gasteiger partial charge in [0.05, 0.1) is 19.3 Å². The molecule has 1 aromatic carbocycles. The first kappa shape index (κ1) is 15.8. The summed E-state index contributed by atoms with van der Waals surface area (Å²) in [4.78, 5) is 11.6. The van der Waals surface area contributed by atoms with E-state index in [9.17, 15) is 4.79 Å². The maximum Gasteiger partial charge on any atom is 0.163 e. The quantitative estimate of drug-likeness (QED) is 0.413. The van der Waals surface area contributed by atoms with Crippen molar-refractivity contribution in [2.75, 3.05) is 19.6 Å². The predicted octanol–water partition coefficient (Wildman–Crippen LogP) is 3.86. The van der Waals surface area contributed by atoms with E-state index in [-0.39, 0.29) is 5.78 Å². The molecule has 0 aliphatic carbocycles. The average Bonchev–Trinajstić information content (AvgIpc) is 2.40. The molecule has 3 nitrogen and oxygen atoms in total. The van der Waals surface area contributed by atoms with E-state index in [2.05, 4.69) is 6.92 Å². The van der Waals surface area contributed by atoms with Crippen molar-refractivity contribution in [2.24, 2.45) is 0 Å². The van der Waals surface area contributed by atoms with Crippen molar-refractivity contribution in [1.82, 2.24) is 0 Å². The molecule has 0 unspecified atom stereocenters. The summed E-state index contributed by atoms with van der Waals surface area (Å²) in [5.41, 5.74) is 1.57. The largest absolute Gasteiger partial charge is 0.496 e. The average molecular weight is 285 g/mol. The number of rotatable bonds is 8. The van der Waals surface area contributed by atoms with Crippen LogP contribution in [0.1, 0.15) is 42.6 Å². The molecule has 1 aromatic rings. The molecule has 1 rings (SSSR count). The lowest BCUT2D eigenvalue weighted by molar-refractivity contribution is 0.101. The third-order valence-electron chi connectivity index (χ3n) is 2.84. The summed E-state index contributed by atoms with van der Waals surface area (Å²) in [5.74, 6) is 2.00. The zero-order valence-electron chi connectivity index (χ0n) is 11.8. The Morgan fingerprint density at radius 3 is 2.63 bits per heavy atom. The van der Waals surface area contributed by atoms with Gasteiger partial charge < -0.3 is 9.47 Å². The van der Waals surface area contributed by atoms with Gasteiger partial charge in [-0.15, -0.1) is 11.6 Å². The molecule has 0 heterocycles. The molecule has 0 amide bonds. The number of halogens is 1. The van der Waals surface area contributed by atoms with Gasteiger partial charge in [0, 0.05) is 11.4 Å². The molecule has 0 N–H and O–H groups in total. The van der Waals surface area contributed by atoms with Crippen molar-refractivity contribution < 1.29 is 14.3 Å². The molecular formula is C15H21ClO3. The van der Waals surface area contributed by atoms with Crippen molar-refractivity contribution in [3.63, 3.8) is 0 Å².